The Labute approximate surface area is 211 Å². The highest BCUT2D eigenvalue weighted by Crippen LogP contribution is 2.34. The van der Waals surface area contributed by atoms with Crippen molar-refractivity contribution < 1.29 is 24.5 Å². The van der Waals surface area contributed by atoms with Crippen molar-refractivity contribution in [3.63, 3.8) is 0 Å². The lowest BCUT2D eigenvalue weighted by Crippen LogP contribution is -2.47. The van der Waals surface area contributed by atoms with Gasteiger partial charge in [-0.2, -0.15) is 0 Å². The Hall–Kier alpha value is -3.20. The van der Waals surface area contributed by atoms with E-state index in [4.69, 9.17) is 4.74 Å². The Morgan fingerprint density at radius 3 is 2.36 bits per heavy atom. The number of rotatable bonds is 12. The Morgan fingerprint density at radius 1 is 1.03 bits per heavy atom. The quantitative estimate of drug-likeness (QED) is 0.201. The van der Waals surface area contributed by atoms with E-state index in [1.54, 1.807) is 30.5 Å². The Morgan fingerprint density at radius 2 is 1.72 bits per heavy atom. The number of carbonyl (C=O) groups excluding carboxylic acids is 2. The van der Waals surface area contributed by atoms with Crippen LogP contribution in [0.25, 0.3) is 10.9 Å². The van der Waals surface area contributed by atoms with Crippen LogP contribution < -0.4 is 4.74 Å². The molecule has 192 valence electrons. The SMILES string of the molecule is CCCC(N(C)C)C(O)(O)c1c[nH]c2ccc(OCCCCCN3C(=O)c4ccccc4C3=O)cc12. The largest absolute Gasteiger partial charge is 0.494 e. The number of aromatic amines is 1. The Kier molecular flexibility index (Phi) is 7.78. The van der Waals surface area contributed by atoms with E-state index in [2.05, 4.69) is 4.98 Å². The summed E-state index contributed by atoms with van der Waals surface area (Å²) >= 11 is 0. The topological polar surface area (TPSA) is 106 Å². The van der Waals surface area contributed by atoms with Crippen LogP contribution in [0.3, 0.4) is 0 Å². The van der Waals surface area contributed by atoms with E-state index < -0.39 is 11.8 Å². The molecule has 1 aliphatic rings. The number of aromatic nitrogens is 1. The van der Waals surface area contributed by atoms with Gasteiger partial charge in [-0.1, -0.05) is 25.5 Å². The summed E-state index contributed by atoms with van der Waals surface area (Å²) in [6.07, 6.45) is 5.41. The molecule has 0 bridgehead atoms. The number of likely N-dealkylation sites (N-methyl/N-ethyl adjacent to an activating group) is 1. The van der Waals surface area contributed by atoms with Gasteiger partial charge < -0.3 is 24.8 Å². The van der Waals surface area contributed by atoms with Crippen LogP contribution in [-0.2, 0) is 5.79 Å². The molecule has 0 spiro atoms. The summed E-state index contributed by atoms with van der Waals surface area (Å²) in [5.41, 5.74) is 2.19. The van der Waals surface area contributed by atoms with Crippen LogP contribution in [0.2, 0.25) is 0 Å². The molecule has 1 atom stereocenters. The molecule has 8 heteroatoms. The van der Waals surface area contributed by atoms with E-state index in [9.17, 15) is 19.8 Å². The lowest BCUT2D eigenvalue weighted by Gasteiger charge is -2.35. The Balaban J connectivity index is 1.31. The third kappa shape index (κ3) is 5.02. The lowest BCUT2D eigenvalue weighted by molar-refractivity contribution is -0.211. The first kappa shape index (κ1) is 25.9. The molecule has 3 aromatic rings. The predicted molar refractivity (Wildman–Crippen MR) is 138 cm³/mol. The average molecular weight is 494 g/mol. The van der Waals surface area contributed by atoms with Gasteiger partial charge in [-0.15, -0.1) is 0 Å². The molecule has 8 nitrogen and oxygen atoms in total. The number of nitrogens with zero attached hydrogens (tertiary/aromatic N) is 2. The zero-order valence-corrected chi connectivity index (χ0v) is 21.2. The van der Waals surface area contributed by atoms with Gasteiger partial charge in [-0.05, 0) is 70.1 Å². The first-order valence-electron chi connectivity index (χ1n) is 12.6. The molecular weight excluding hydrogens is 458 g/mol. The Bertz CT molecular complexity index is 1200. The molecule has 1 aliphatic heterocycles. The zero-order chi connectivity index (χ0) is 25.9. The van der Waals surface area contributed by atoms with Gasteiger partial charge in [0.25, 0.3) is 11.8 Å². The maximum atomic E-state index is 12.5. The van der Waals surface area contributed by atoms with E-state index in [0.29, 0.717) is 53.8 Å². The van der Waals surface area contributed by atoms with Gasteiger partial charge in [0.2, 0.25) is 5.79 Å². The summed E-state index contributed by atoms with van der Waals surface area (Å²) in [7, 11) is 3.69. The molecule has 0 fully saturated rings. The average Bonchev–Trinajstić information content (AvgIpc) is 3.39. The summed E-state index contributed by atoms with van der Waals surface area (Å²) < 4.78 is 5.94. The summed E-state index contributed by atoms with van der Waals surface area (Å²) in [6, 6.07) is 12.0. The molecule has 2 amide bonds. The van der Waals surface area contributed by atoms with E-state index in [1.807, 2.05) is 44.1 Å². The minimum Gasteiger partial charge on any atom is -0.494 e. The number of amides is 2. The van der Waals surface area contributed by atoms with Gasteiger partial charge in [0, 0.05) is 29.2 Å². The molecule has 2 aromatic carbocycles. The van der Waals surface area contributed by atoms with Crippen molar-refractivity contribution in [3.8, 4) is 5.75 Å². The van der Waals surface area contributed by atoms with E-state index in [1.165, 1.54) is 4.90 Å². The number of fused-ring (bicyclic) bond motifs is 2. The summed E-state index contributed by atoms with van der Waals surface area (Å²) in [4.78, 5) is 31.2. The number of benzene rings is 2. The van der Waals surface area contributed by atoms with E-state index in [0.717, 1.165) is 24.8 Å². The first-order chi connectivity index (χ1) is 17.3. The molecule has 1 unspecified atom stereocenters. The number of hydrogen-bond donors (Lipinski definition) is 3. The van der Waals surface area contributed by atoms with E-state index >= 15 is 0 Å². The number of ether oxygens (including phenoxy) is 1. The number of hydrogen-bond acceptors (Lipinski definition) is 6. The number of aliphatic hydroxyl groups is 2. The monoisotopic (exact) mass is 493 g/mol. The highest BCUT2D eigenvalue weighted by Gasteiger charge is 2.39. The third-order valence-corrected chi connectivity index (χ3v) is 6.87. The predicted octanol–water partition coefficient (Wildman–Crippen LogP) is 3.88. The minimum absolute atomic E-state index is 0.221. The third-order valence-electron chi connectivity index (χ3n) is 6.87. The molecule has 4 rings (SSSR count). The van der Waals surface area contributed by atoms with E-state index in [-0.39, 0.29) is 11.8 Å². The van der Waals surface area contributed by atoms with Gasteiger partial charge in [0.15, 0.2) is 0 Å². The van der Waals surface area contributed by atoms with Crippen molar-refractivity contribution in [3.05, 3.63) is 65.4 Å². The highest BCUT2D eigenvalue weighted by molar-refractivity contribution is 6.21. The summed E-state index contributed by atoms with van der Waals surface area (Å²) in [6.45, 7) is 2.89. The number of carbonyl (C=O) groups is 2. The van der Waals surface area contributed by atoms with Crippen molar-refractivity contribution in [1.82, 2.24) is 14.8 Å². The number of nitrogens with one attached hydrogen (secondary N) is 1. The second-order valence-corrected chi connectivity index (χ2v) is 9.62. The van der Waals surface area contributed by atoms with Crippen LogP contribution >= 0.6 is 0 Å². The molecule has 2 heterocycles. The van der Waals surface area contributed by atoms with Crippen LogP contribution in [0, 0.1) is 0 Å². The maximum absolute atomic E-state index is 12.5. The maximum Gasteiger partial charge on any atom is 0.261 e. The molecule has 3 N–H and O–H groups in total. The van der Waals surface area contributed by atoms with Crippen molar-refractivity contribution >= 4 is 22.7 Å². The first-order valence-corrected chi connectivity index (χ1v) is 12.6. The number of unbranched alkanes of at least 4 members (excludes halogenated alkanes) is 2. The highest BCUT2D eigenvalue weighted by atomic mass is 16.5. The van der Waals surface area contributed by atoms with Gasteiger partial charge in [-0.3, -0.25) is 14.5 Å². The summed E-state index contributed by atoms with van der Waals surface area (Å²) in [5.74, 6) is -1.81. The standard InChI is InChI=1S/C28H35N3O5/c1-4-10-25(30(2)3)28(34,35)23-18-29-24-14-13-19(17-22(23)24)36-16-9-5-8-15-31-26(32)20-11-6-7-12-21(20)27(31)33/h6-7,11-14,17-18,25,29,34-35H,4-5,8-10,15-16H2,1-3H3. The van der Waals surface area contributed by atoms with Crippen LogP contribution in [0.15, 0.2) is 48.7 Å². The fourth-order valence-corrected chi connectivity index (χ4v) is 4.95. The fourth-order valence-electron chi connectivity index (χ4n) is 4.95. The van der Waals surface area contributed by atoms with Gasteiger partial charge in [0.1, 0.15) is 5.75 Å². The van der Waals surface area contributed by atoms with Crippen LogP contribution in [0.4, 0.5) is 0 Å². The molecule has 0 saturated carbocycles. The van der Waals surface area contributed by atoms with Crippen molar-refractivity contribution in [2.45, 2.75) is 50.9 Å². The second kappa shape index (κ2) is 10.8. The van der Waals surface area contributed by atoms with Crippen molar-refractivity contribution in [2.75, 3.05) is 27.2 Å². The number of imide groups is 1. The molecule has 0 saturated heterocycles. The minimum atomic E-state index is -2.01. The molecular formula is C28H35N3O5. The van der Waals surface area contributed by atoms with Crippen molar-refractivity contribution in [2.24, 2.45) is 0 Å². The molecule has 36 heavy (non-hydrogen) atoms. The van der Waals surface area contributed by atoms with Gasteiger partial charge >= 0.3 is 0 Å². The molecule has 1 aromatic heterocycles. The second-order valence-electron chi connectivity index (χ2n) is 9.62. The zero-order valence-electron chi connectivity index (χ0n) is 21.2. The lowest BCUT2D eigenvalue weighted by atomic mass is 9.93. The summed E-state index contributed by atoms with van der Waals surface area (Å²) in [5, 5.41) is 22.9. The molecule has 0 aliphatic carbocycles. The number of H-pyrrole nitrogens is 1. The normalized spacial score (nSPS) is 14.7. The van der Waals surface area contributed by atoms with Crippen LogP contribution in [-0.4, -0.2) is 70.1 Å². The van der Waals surface area contributed by atoms with Gasteiger partial charge in [-0.25, -0.2) is 0 Å². The smallest absolute Gasteiger partial charge is 0.261 e. The van der Waals surface area contributed by atoms with Crippen molar-refractivity contribution in [1.29, 1.82) is 0 Å². The van der Waals surface area contributed by atoms with Crippen LogP contribution in [0.5, 0.6) is 5.75 Å². The fraction of sp³-hybridized carbons (Fsp3) is 0.429. The van der Waals surface area contributed by atoms with Gasteiger partial charge in [0.05, 0.1) is 23.8 Å². The van der Waals surface area contributed by atoms with Crippen LogP contribution in [0.1, 0.15) is 65.3 Å². The molecule has 0 radical (unpaired) electrons.